The summed E-state index contributed by atoms with van der Waals surface area (Å²) in [5, 5.41) is 7.07. The van der Waals surface area contributed by atoms with Gasteiger partial charge in [-0.15, -0.1) is 11.3 Å². The van der Waals surface area contributed by atoms with Crippen LogP contribution in [-0.4, -0.2) is 36.6 Å². The second kappa shape index (κ2) is 10.7. The third-order valence-corrected chi connectivity index (χ3v) is 7.17. The summed E-state index contributed by atoms with van der Waals surface area (Å²) in [6.45, 7) is 0.497. The summed E-state index contributed by atoms with van der Waals surface area (Å²) < 4.78 is 10.7. The summed E-state index contributed by atoms with van der Waals surface area (Å²) >= 11 is 1.51. The predicted molar refractivity (Wildman–Crippen MR) is 144 cm³/mol. The summed E-state index contributed by atoms with van der Waals surface area (Å²) in [5.74, 6) is 1.29. The molecule has 3 aromatic carbocycles. The molecule has 5 aromatic rings. The van der Waals surface area contributed by atoms with Crippen LogP contribution in [0.4, 0.5) is 0 Å². The van der Waals surface area contributed by atoms with E-state index in [9.17, 15) is 4.79 Å². The third kappa shape index (κ3) is 4.97. The van der Waals surface area contributed by atoms with Gasteiger partial charge in [0.25, 0.3) is 0 Å². The fourth-order valence-corrected chi connectivity index (χ4v) is 5.22. The zero-order valence-electron chi connectivity index (χ0n) is 20.2. The smallest absolute Gasteiger partial charge is 0.226 e. The van der Waals surface area contributed by atoms with Crippen molar-refractivity contribution >= 4 is 28.1 Å². The van der Waals surface area contributed by atoms with Crippen molar-refractivity contribution in [1.82, 2.24) is 15.3 Å². The maximum atomic E-state index is 12.9. The van der Waals surface area contributed by atoms with Gasteiger partial charge in [0, 0.05) is 40.5 Å². The molecule has 1 amide bonds. The Kier molecular flexibility index (Phi) is 7.00. The number of aromatic nitrogens is 2. The van der Waals surface area contributed by atoms with Crippen LogP contribution in [0.15, 0.2) is 84.4 Å². The molecule has 0 radical (unpaired) electrons. The van der Waals surface area contributed by atoms with Crippen molar-refractivity contribution in [2.75, 3.05) is 20.8 Å². The number of carbonyl (C=O) groups is 1. The Morgan fingerprint density at radius 3 is 2.58 bits per heavy atom. The summed E-state index contributed by atoms with van der Waals surface area (Å²) in [4.78, 5) is 21.0. The van der Waals surface area contributed by atoms with Crippen molar-refractivity contribution in [2.24, 2.45) is 0 Å². The molecular weight excluding hydrogens is 470 g/mol. The number of nitrogens with zero attached hydrogens (tertiary/aromatic N) is 1. The number of methoxy groups -OCH3 is 2. The molecule has 0 spiro atoms. The van der Waals surface area contributed by atoms with Crippen LogP contribution in [0, 0.1) is 0 Å². The van der Waals surface area contributed by atoms with Crippen molar-refractivity contribution in [3.8, 4) is 22.1 Å². The largest absolute Gasteiger partial charge is 0.493 e. The van der Waals surface area contributed by atoms with Gasteiger partial charge in [0.2, 0.25) is 5.91 Å². The SMILES string of the molecule is COc1ccc(-c2nc(CC(=O)NCC(c3ccccc3)c3c[nH]c4ccccc34)cs2)cc1OC. The van der Waals surface area contributed by atoms with Gasteiger partial charge in [-0.3, -0.25) is 4.79 Å². The van der Waals surface area contributed by atoms with Crippen LogP contribution in [0.1, 0.15) is 22.7 Å². The number of hydrogen-bond acceptors (Lipinski definition) is 5. The molecule has 0 aliphatic carbocycles. The maximum absolute atomic E-state index is 12.9. The first kappa shape index (κ1) is 23.6. The standard InChI is InChI=1S/C29H27N3O3S/c1-34-26-13-12-20(14-27(26)35-2)29-32-21(18-36-29)15-28(33)31-16-23(19-8-4-3-5-9-19)24-17-30-25-11-7-6-10-22(24)25/h3-14,17-18,23,30H,15-16H2,1-2H3,(H,31,33). The lowest BCUT2D eigenvalue weighted by Gasteiger charge is -2.18. The molecule has 36 heavy (non-hydrogen) atoms. The van der Waals surface area contributed by atoms with E-state index in [4.69, 9.17) is 9.47 Å². The molecule has 1 atom stereocenters. The van der Waals surface area contributed by atoms with Gasteiger partial charge in [0.15, 0.2) is 11.5 Å². The Hall–Kier alpha value is -4.10. The van der Waals surface area contributed by atoms with E-state index in [1.807, 2.05) is 60.1 Å². The Balaban J connectivity index is 1.30. The first-order chi connectivity index (χ1) is 17.7. The first-order valence-electron chi connectivity index (χ1n) is 11.7. The lowest BCUT2D eigenvalue weighted by atomic mass is 9.91. The third-order valence-electron chi connectivity index (χ3n) is 6.23. The molecule has 0 saturated heterocycles. The van der Waals surface area contributed by atoms with Crippen molar-refractivity contribution in [3.05, 3.63) is 101 Å². The minimum Gasteiger partial charge on any atom is -0.493 e. The highest BCUT2D eigenvalue weighted by Gasteiger charge is 2.19. The first-order valence-corrected chi connectivity index (χ1v) is 12.6. The average molecular weight is 498 g/mol. The average Bonchev–Trinajstić information content (AvgIpc) is 3.56. The van der Waals surface area contributed by atoms with E-state index in [-0.39, 0.29) is 18.2 Å². The minimum atomic E-state index is -0.0556. The number of aromatic amines is 1. The molecule has 0 aliphatic heterocycles. The van der Waals surface area contributed by atoms with Gasteiger partial charge in [-0.05, 0) is 35.4 Å². The zero-order chi connectivity index (χ0) is 24.9. The van der Waals surface area contributed by atoms with Crippen LogP contribution in [-0.2, 0) is 11.2 Å². The molecule has 0 saturated carbocycles. The Bertz CT molecular complexity index is 1480. The zero-order valence-corrected chi connectivity index (χ0v) is 21.0. The van der Waals surface area contributed by atoms with Crippen LogP contribution < -0.4 is 14.8 Å². The maximum Gasteiger partial charge on any atom is 0.226 e. The lowest BCUT2D eigenvalue weighted by Crippen LogP contribution is -2.30. The molecule has 0 bridgehead atoms. The van der Waals surface area contributed by atoms with E-state index in [0.29, 0.717) is 18.0 Å². The quantitative estimate of drug-likeness (QED) is 0.270. The fraction of sp³-hybridized carbons (Fsp3) is 0.172. The molecule has 6 nitrogen and oxygen atoms in total. The summed E-state index contributed by atoms with van der Waals surface area (Å²) in [5.41, 5.74) is 5.08. The van der Waals surface area contributed by atoms with Crippen LogP contribution in [0.25, 0.3) is 21.5 Å². The molecule has 182 valence electrons. The van der Waals surface area contributed by atoms with Crippen LogP contribution in [0.3, 0.4) is 0 Å². The second-order valence-electron chi connectivity index (χ2n) is 8.45. The number of para-hydroxylation sites is 1. The van der Waals surface area contributed by atoms with E-state index in [1.165, 1.54) is 22.3 Å². The number of amides is 1. The second-order valence-corrected chi connectivity index (χ2v) is 9.31. The van der Waals surface area contributed by atoms with Gasteiger partial charge in [-0.25, -0.2) is 4.98 Å². The molecule has 1 unspecified atom stereocenters. The van der Waals surface area contributed by atoms with Gasteiger partial charge in [0.05, 0.1) is 26.3 Å². The molecule has 7 heteroatoms. The van der Waals surface area contributed by atoms with E-state index in [1.54, 1.807) is 14.2 Å². The lowest BCUT2D eigenvalue weighted by molar-refractivity contribution is -0.120. The van der Waals surface area contributed by atoms with E-state index in [2.05, 4.69) is 39.6 Å². The fourth-order valence-electron chi connectivity index (χ4n) is 4.41. The van der Waals surface area contributed by atoms with Gasteiger partial charge >= 0.3 is 0 Å². The van der Waals surface area contributed by atoms with Gasteiger partial charge < -0.3 is 19.8 Å². The molecule has 5 rings (SSSR count). The number of thiazole rings is 1. The summed E-state index contributed by atoms with van der Waals surface area (Å²) in [6, 6.07) is 24.2. The Morgan fingerprint density at radius 1 is 1.00 bits per heavy atom. The number of nitrogens with one attached hydrogen (secondary N) is 2. The number of benzene rings is 3. The van der Waals surface area contributed by atoms with Crippen LogP contribution in [0.2, 0.25) is 0 Å². The summed E-state index contributed by atoms with van der Waals surface area (Å²) in [6.07, 6.45) is 2.27. The molecule has 2 heterocycles. The number of H-pyrrole nitrogens is 1. The highest BCUT2D eigenvalue weighted by atomic mass is 32.1. The van der Waals surface area contributed by atoms with Crippen molar-refractivity contribution in [3.63, 3.8) is 0 Å². The topological polar surface area (TPSA) is 76.2 Å². The highest BCUT2D eigenvalue weighted by Crippen LogP contribution is 2.34. The number of ether oxygens (including phenoxy) is 2. The van der Waals surface area contributed by atoms with E-state index >= 15 is 0 Å². The van der Waals surface area contributed by atoms with Gasteiger partial charge in [0.1, 0.15) is 5.01 Å². The number of carbonyl (C=O) groups excluding carboxylic acids is 1. The normalized spacial score (nSPS) is 11.8. The Morgan fingerprint density at radius 2 is 1.78 bits per heavy atom. The predicted octanol–water partition coefficient (Wildman–Crippen LogP) is 5.80. The van der Waals surface area contributed by atoms with Gasteiger partial charge in [-0.1, -0.05) is 48.5 Å². The number of fused-ring (bicyclic) bond motifs is 1. The molecule has 0 aliphatic rings. The summed E-state index contributed by atoms with van der Waals surface area (Å²) in [7, 11) is 3.22. The molecular formula is C29H27N3O3S. The van der Waals surface area contributed by atoms with Crippen LogP contribution in [0.5, 0.6) is 11.5 Å². The number of hydrogen-bond donors (Lipinski definition) is 2. The van der Waals surface area contributed by atoms with Crippen LogP contribution >= 0.6 is 11.3 Å². The van der Waals surface area contributed by atoms with Crippen molar-refractivity contribution in [2.45, 2.75) is 12.3 Å². The van der Waals surface area contributed by atoms with Crippen molar-refractivity contribution in [1.29, 1.82) is 0 Å². The minimum absolute atomic E-state index is 0.0315. The monoisotopic (exact) mass is 497 g/mol. The van der Waals surface area contributed by atoms with Gasteiger partial charge in [-0.2, -0.15) is 0 Å². The van der Waals surface area contributed by atoms with Crippen molar-refractivity contribution < 1.29 is 14.3 Å². The Labute approximate surface area is 213 Å². The van der Waals surface area contributed by atoms with E-state index in [0.717, 1.165) is 27.3 Å². The highest BCUT2D eigenvalue weighted by molar-refractivity contribution is 7.13. The molecule has 2 aromatic heterocycles. The number of rotatable bonds is 9. The molecule has 2 N–H and O–H groups in total. The van der Waals surface area contributed by atoms with E-state index < -0.39 is 0 Å². The molecule has 0 fully saturated rings.